The minimum absolute atomic E-state index is 0.0436. The van der Waals surface area contributed by atoms with Crippen LogP contribution in [-0.4, -0.2) is 39.3 Å². The minimum Gasteiger partial charge on any atom is -0.497 e. The number of carbonyl (C=O) groups is 1. The van der Waals surface area contributed by atoms with Gasteiger partial charge in [-0.05, 0) is 48.5 Å². The molecular weight excluding hydrogens is 548 g/mol. The van der Waals surface area contributed by atoms with Gasteiger partial charge in [-0.1, -0.05) is 30.3 Å². The normalized spacial score (nSPS) is 10.9. The van der Waals surface area contributed by atoms with Crippen molar-refractivity contribution in [2.24, 2.45) is 5.14 Å². The van der Waals surface area contributed by atoms with Gasteiger partial charge in [-0.3, -0.25) is 4.79 Å². The summed E-state index contributed by atoms with van der Waals surface area (Å²) in [6.07, 6.45) is 0.127. The summed E-state index contributed by atoms with van der Waals surface area (Å²) in [4.78, 5) is 17.3. The number of sulfonamides is 1. The molecule has 0 aliphatic rings. The van der Waals surface area contributed by atoms with E-state index in [1.165, 1.54) is 36.0 Å². The summed E-state index contributed by atoms with van der Waals surface area (Å²) >= 11 is 1.30. The highest BCUT2D eigenvalue weighted by Crippen LogP contribution is 2.40. The molecular formula is C29H26N4O5S2. The number of rotatable bonds is 10. The molecule has 40 heavy (non-hydrogen) atoms. The highest BCUT2D eigenvalue weighted by atomic mass is 32.2. The van der Waals surface area contributed by atoms with Crippen LogP contribution in [0.25, 0.3) is 22.4 Å². The van der Waals surface area contributed by atoms with Gasteiger partial charge in [0.25, 0.3) is 0 Å². The fourth-order valence-corrected chi connectivity index (χ4v) is 5.38. The van der Waals surface area contributed by atoms with Gasteiger partial charge in [0, 0.05) is 34.6 Å². The van der Waals surface area contributed by atoms with Crippen molar-refractivity contribution >= 4 is 33.4 Å². The molecule has 1 heterocycles. The Kier molecular flexibility index (Phi) is 9.06. The lowest BCUT2D eigenvalue weighted by Crippen LogP contribution is -2.14. The summed E-state index contributed by atoms with van der Waals surface area (Å²) < 4.78 is 33.9. The molecule has 0 unspecified atom stereocenters. The first-order valence-electron chi connectivity index (χ1n) is 12.0. The fourth-order valence-electron chi connectivity index (χ4n) is 3.92. The van der Waals surface area contributed by atoms with E-state index in [0.29, 0.717) is 50.3 Å². The van der Waals surface area contributed by atoms with Gasteiger partial charge in [-0.25, -0.2) is 18.5 Å². The van der Waals surface area contributed by atoms with E-state index in [0.717, 1.165) is 5.56 Å². The van der Waals surface area contributed by atoms with E-state index in [1.807, 2.05) is 42.5 Å². The number of nitrogens with zero attached hydrogens (tertiary/aromatic N) is 2. The molecule has 204 valence electrons. The maximum Gasteiger partial charge on any atom is 0.238 e. The van der Waals surface area contributed by atoms with Crippen LogP contribution in [0.3, 0.4) is 0 Å². The lowest BCUT2D eigenvalue weighted by molar-refractivity contribution is -0.115. The molecule has 9 nitrogen and oxygen atoms in total. The largest absolute Gasteiger partial charge is 0.497 e. The average molecular weight is 575 g/mol. The van der Waals surface area contributed by atoms with Crippen molar-refractivity contribution in [1.82, 2.24) is 4.98 Å². The number of amides is 1. The van der Waals surface area contributed by atoms with Gasteiger partial charge in [0.05, 0.1) is 30.4 Å². The molecule has 3 N–H and O–H groups in total. The number of benzene rings is 3. The van der Waals surface area contributed by atoms with Crippen molar-refractivity contribution in [3.8, 4) is 40.0 Å². The number of anilines is 1. The van der Waals surface area contributed by atoms with E-state index in [1.54, 1.807) is 26.4 Å². The first kappa shape index (κ1) is 28.6. The topological polar surface area (TPSA) is 144 Å². The molecule has 0 fully saturated rings. The third kappa shape index (κ3) is 6.79. The third-order valence-electron chi connectivity index (χ3n) is 5.90. The quantitative estimate of drug-likeness (QED) is 0.250. The summed E-state index contributed by atoms with van der Waals surface area (Å²) in [5.74, 6) is 1.26. The molecule has 0 atom stereocenters. The zero-order valence-electron chi connectivity index (χ0n) is 21.7. The number of ether oxygens (including phenoxy) is 2. The molecule has 0 radical (unpaired) electrons. The second-order valence-electron chi connectivity index (χ2n) is 8.50. The molecule has 0 aliphatic carbocycles. The Morgan fingerprint density at radius 3 is 2.35 bits per heavy atom. The van der Waals surface area contributed by atoms with E-state index in [9.17, 15) is 18.5 Å². The number of nitriles is 1. The first-order valence-corrected chi connectivity index (χ1v) is 14.5. The molecule has 0 aliphatic heterocycles. The van der Waals surface area contributed by atoms with Crippen molar-refractivity contribution in [2.45, 2.75) is 16.3 Å². The van der Waals surface area contributed by atoms with E-state index in [4.69, 9.17) is 19.6 Å². The number of methoxy groups -OCH3 is 2. The van der Waals surface area contributed by atoms with E-state index in [2.05, 4.69) is 11.4 Å². The summed E-state index contributed by atoms with van der Waals surface area (Å²) in [5, 5.41) is 18.5. The summed E-state index contributed by atoms with van der Waals surface area (Å²) in [5.41, 5.74) is 3.65. The van der Waals surface area contributed by atoms with Crippen LogP contribution < -0.4 is 19.9 Å². The van der Waals surface area contributed by atoms with Gasteiger partial charge < -0.3 is 14.8 Å². The molecule has 1 aromatic heterocycles. The molecule has 4 aromatic rings. The predicted octanol–water partition coefficient (Wildman–Crippen LogP) is 5.07. The molecule has 0 saturated carbocycles. The molecule has 3 aromatic carbocycles. The number of nitrogens with one attached hydrogen (secondary N) is 1. The highest BCUT2D eigenvalue weighted by Gasteiger charge is 2.19. The lowest BCUT2D eigenvalue weighted by Gasteiger charge is -2.15. The van der Waals surface area contributed by atoms with Crippen LogP contribution in [0, 0.1) is 11.3 Å². The van der Waals surface area contributed by atoms with Crippen LogP contribution in [0.1, 0.15) is 12.0 Å². The maximum absolute atomic E-state index is 12.6. The standard InChI is InChI=1S/C29H26N4O5S2/c1-37-21-10-13-27(38-2)24(16-21)23-17-26(19-6-4-3-5-7-19)33-29(25(23)18-30)39-15-14-28(34)32-20-8-11-22(12-9-20)40(31,35)36/h3-13,16-17H,14-15H2,1-2H3,(H,32,34)(H2,31,35,36). The Balaban J connectivity index is 1.62. The van der Waals surface area contributed by atoms with Crippen LogP contribution in [0.15, 0.2) is 88.8 Å². The highest BCUT2D eigenvalue weighted by molar-refractivity contribution is 7.99. The van der Waals surface area contributed by atoms with Crippen molar-refractivity contribution < 1.29 is 22.7 Å². The molecule has 0 saturated heterocycles. The van der Waals surface area contributed by atoms with Crippen LogP contribution in [0.2, 0.25) is 0 Å². The van der Waals surface area contributed by atoms with Gasteiger partial charge in [0.2, 0.25) is 15.9 Å². The lowest BCUT2D eigenvalue weighted by atomic mass is 9.98. The van der Waals surface area contributed by atoms with Gasteiger partial charge >= 0.3 is 0 Å². The third-order valence-corrected chi connectivity index (χ3v) is 7.81. The van der Waals surface area contributed by atoms with Crippen LogP contribution >= 0.6 is 11.8 Å². The molecule has 0 spiro atoms. The van der Waals surface area contributed by atoms with Gasteiger partial charge in [0.1, 0.15) is 22.6 Å². The number of carbonyl (C=O) groups excluding carboxylic acids is 1. The van der Waals surface area contributed by atoms with Crippen LogP contribution in [0.5, 0.6) is 11.5 Å². The Morgan fingerprint density at radius 2 is 1.73 bits per heavy atom. The summed E-state index contributed by atoms with van der Waals surface area (Å²) in [6.45, 7) is 0. The summed E-state index contributed by atoms with van der Waals surface area (Å²) in [6, 6.07) is 24.7. The zero-order chi connectivity index (χ0) is 28.7. The maximum atomic E-state index is 12.6. The summed E-state index contributed by atoms with van der Waals surface area (Å²) in [7, 11) is -0.688. The smallest absolute Gasteiger partial charge is 0.238 e. The van der Waals surface area contributed by atoms with E-state index >= 15 is 0 Å². The van der Waals surface area contributed by atoms with E-state index in [-0.39, 0.29) is 17.2 Å². The van der Waals surface area contributed by atoms with Gasteiger partial charge in [-0.15, -0.1) is 11.8 Å². The molecule has 0 bridgehead atoms. The number of hydrogen-bond acceptors (Lipinski definition) is 8. The Bertz CT molecular complexity index is 1670. The zero-order valence-corrected chi connectivity index (χ0v) is 23.4. The van der Waals surface area contributed by atoms with Crippen molar-refractivity contribution in [3.05, 3.63) is 84.4 Å². The number of hydrogen-bond donors (Lipinski definition) is 2. The Labute approximate surface area is 237 Å². The van der Waals surface area contributed by atoms with Crippen LogP contribution in [0.4, 0.5) is 5.69 Å². The second kappa shape index (κ2) is 12.7. The van der Waals surface area contributed by atoms with Gasteiger partial charge in [0.15, 0.2) is 0 Å². The predicted molar refractivity (Wildman–Crippen MR) is 155 cm³/mol. The fraction of sp³-hybridized carbons (Fsp3) is 0.138. The monoisotopic (exact) mass is 574 g/mol. The van der Waals surface area contributed by atoms with E-state index < -0.39 is 10.0 Å². The Hall–Kier alpha value is -4.37. The number of aromatic nitrogens is 1. The Morgan fingerprint density at radius 1 is 1.00 bits per heavy atom. The number of thioether (sulfide) groups is 1. The van der Waals surface area contributed by atoms with Crippen LogP contribution in [-0.2, 0) is 14.8 Å². The number of nitrogens with two attached hydrogens (primary N) is 1. The second-order valence-corrected chi connectivity index (χ2v) is 11.1. The molecule has 4 rings (SSSR count). The van der Waals surface area contributed by atoms with Gasteiger partial charge in [-0.2, -0.15) is 5.26 Å². The van der Waals surface area contributed by atoms with Crippen molar-refractivity contribution in [1.29, 1.82) is 5.26 Å². The number of primary sulfonamides is 1. The van der Waals surface area contributed by atoms with Crippen molar-refractivity contribution in [2.75, 3.05) is 25.3 Å². The molecule has 11 heteroatoms. The number of pyridine rings is 1. The first-order chi connectivity index (χ1) is 19.2. The minimum atomic E-state index is -3.82. The molecule has 1 amide bonds. The average Bonchev–Trinajstić information content (AvgIpc) is 2.96. The SMILES string of the molecule is COc1ccc(OC)c(-c2cc(-c3ccccc3)nc(SCCC(=O)Nc3ccc(S(N)(=O)=O)cc3)c2C#N)c1. The van der Waals surface area contributed by atoms with Crippen molar-refractivity contribution in [3.63, 3.8) is 0 Å².